The first kappa shape index (κ1) is 13.1. The van der Waals surface area contributed by atoms with Crippen molar-refractivity contribution in [1.29, 1.82) is 0 Å². The number of unbranched alkanes of at least 4 members (excludes halogenated alkanes) is 5. The van der Waals surface area contributed by atoms with Gasteiger partial charge in [-0.05, 0) is 32.1 Å². The van der Waals surface area contributed by atoms with Gasteiger partial charge < -0.3 is 10.6 Å². The van der Waals surface area contributed by atoms with Crippen LogP contribution in [0.4, 0.5) is 0 Å². The minimum absolute atomic E-state index is 0.490. The van der Waals surface area contributed by atoms with Gasteiger partial charge >= 0.3 is 0 Å². The molecule has 16 heavy (non-hydrogen) atoms. The van der Waals surface area contributed by atoms with Gasteiger partial charge in [-0.15, -0.1) is 0 Å². The number of nitrogens with one attached hydrogen (secondary N) is 2. The molecule has 0 aromatic heterocycles. The Kier molecular flexibility index (Phi) is 7.65. The Bertz CT molecular complexity index is 201. The van der Waals surface area contributed by atoms with Crippen LogP contribution in [0.1, 0.15) is 58.3 Å². The molecule has 0 aromatic rings. The Labute approximate surface area is 100 Å². The van der Waals surface area contributed by atoms with Crippen molar-refractivity contribution < 1.29 is 0 Å². The molecule has 0 unspecified atom stereocenters. The highest BCUT2D eigenvalue weighted by Gasteiger charge is 2.05. The minimum atomic E-state index is 0.490. The summed E-state index contributed by atoms with van der Waals surface area (Å²) in [5, 5.41) is 6.56. The predicted molar refractivity (Wildman–Crippen MR) is 70.9 cm³/mol. The standard InChI is InChI=1S/C14H26N2/c1-2-3-4-5-6-7-8-9-10-11-14-15-12-13-16-14/h4-5,12-16H,2-3,6-11H2,1H3/b5-4+. The SMILES string of the molecule is CCC/C=C/CCCCCCC1NC=CN1. The van der Waals surface area contributed by atoms with E-state index in [1.54, 1.807) is 0 Å². The molecule has 0 saturated carbocycles. The normalized spacial score (nSPS) is 15.6. The van der Waals surface area contributed by atoms with Gasteiger partial charge in [0, 0.05) is 12.4 Å². The fraction of sp³-hybridized carbons (Fsp3) is 0.714. The molecule has 2 N–H and O–H groups in total. The van der Waals surface area contributed by atoms with Crippen molar-refractivity contribution in [2.45, 2.75) is 64.5 Å². The van der Waals surface area contributed by atoms with Gasteiger partial charge in [0.2, 0.25) is 0 Å². The van der Waals surface area contributed by atoms with Crippen molar-refractivity contribution >= 4 is 0 Å². The minimum Gasteiger partial charge on any atom is -0.370 e. The molecule has 1 heterocycles. The third-order valence-electron chi connectivity index (χ3n) is 2.91. The Hall–Kier alpha value is -0.920. The largest absolute Gasteiger partial charge is 0.370 e. The molecule has 2 nitrogen and oxygen atoms in total. The monoisotopic (exact) mass is 222 g/mol. The summed E-state index contributed by atoms with van der Waals surface area (Å²) in [6.45, 7) is 2.23. The lowest BCUT2D eigenvalue weighted by molar-refractivity contribution is 0.487. The van der Waals surface area contributed by atoms with E-state index < -0.39 is 0 Å². The zero-order chi connectivity index (χ0) is 11.5. The summed E-state index contributed by atoms with van der Waals surface area (Å²) < 4.78 is 0. The number of rotatable bonds is 9. The van der Waals surface area contributed by atoms with Crippen molar-refractivity contribution in [2.24, 2.45) is 0 Å². The maximum atomic E-state index is 3.28. The van der Waals surface area contributed by atoms with Gasteiger partial charge in [0.25, 0.3) is 0 Å². The van der Waals surface area contributed by atoms with Crippen molar-refractivity contribution in [3.8, 4) is 0 Å². The molecule has 2 heteroatoms. The second kappa shape index (κ2) is 9.32. The number of hydrogen-bond donors (Lipinski definition) is 2. The summed E-state index contributed by atoms with van der Waals surface area (Å²) in [6.07, 6.45) is 19.5. The smallest absolute Gasteiger partial charge is 0.0955 e. The third kappa shape index (κ3) is 6.54. The third-order valence-corrected chi connectivity index (χ3v) is 2.91. The average Bonchev–Trinajstić information content (AvgIpc) is 2.80. The molecule has 0 saturated heterocycles. The number of allylic oxidation sites excluding steroid dienone is 2. The maximum Gasteiger partial charge on any atom is 0.0955 e. The van der Waals surface area contributed by atoms with E-state index in [0.29, 0.717) is 6.17 Å². The maximum absolute atomic E-state index is 3.28. The van der Waals surface area contributed by atoms with Crippen LogP contribution in [-0.4, -0.2) is 6.17 Å². The van der Waals surface area contributed by atoms with Crippen molar-refractivity contribution in [2.75, 3.05) is 0 Å². The first-order valence-corrected chi connectivity index (χ1v) is 6.75. The van der Waals surface area contributed by atoms with Crippen LogP contribution in [-0.2, 0) is 0 Å². The van der Waals surface area contributed by atoms with E-state index in [1.165, 1.54) is 51.4 Å². The second-order valence-electron chi connectivity index (χ2n) is 4.47. The van der Waals surface area contributed by atoms with Crippen LogP contribution < -0.4 is 10.6 Å². The molecule has 0 aromatic carbocycles. The number of hydrogen-bond acceptors (Lipinski definition) is 2. The highest BCUT2D eigenvalue weighted by molar-refractivity contribution is 4.90. The van der Waals surface area contributed by atoms with E-state index in [2.05, 4.69) is 29.7 Å². The Morgan fingerprint density at radius 2 is 1.62 bits per heavy atom. The van der Waals surface area contributed by atoms with Crippen LogP contribution in [0.3, 0.4) is 0 Å². The zero-order valence-corrected chi connectivity index (χ0v) is 10.5. The molecule has 0 aliphatic carbocycles. The Morgan fingerprint density at radius 1 is 0.938 bits per heavy atom. The van der Waals surface area contributed by atoms with Gasteiger partial charge in [-0.25, -0.2) is 0 Å². The van der Waals surface area contributed by atoms with Crippen LogP contribution in [0.2, 0.25) is 0 Å². The molecule has 1 aliphatic rings. The van der Waals surface area contributed by atoms with Gasteiger partial charge in [-0.2, -0.15) is 0 Å². The van der Waals surface area contributed by atoms with Gasteiger partial charge in [-0.3, -0.25) is 0 Å². The molecule has 1 rings (SSSR count). The van der Waals surface area contributed by atoms with E-state index in [-0.39, 0.29) is 0 Å². The van der Waals surface area contributed by atoms with Crippen LogP contribution in [0.25, 0.3) is 0 Å². The topological polar surface area (TPSA) is 24.1 Å². The molecule has 0 spiro atoms. The van der Waals surface area contributed by atoms with Crippen molar-refractivity contribution in [3.63, 3.8) is 0 Å². The summed E-state index contributed by atoms with van der Waals surface area (Å²) in [5.41, 5.74) is 0. The molecule has 0 radical (unpaired) electrons. The molecule has 0 atom stereocenters. The molecule has 0 amide bonds. The summed E-state index contributed by atoms with van der Waals surface area (Å²) in [6, 6.07) is 0. The summed E-state index contributed by atoms with van der Waals surface area (Å²) in [5.74, 6) is 0. The lowest BCUT2D eigenvalue weighted by Crippen LogP contribution is -2.30. The average molecular weight is 222 g/mol. The molecule has 1 aliphatic heterocycles. The van der Waals surface area contributed by atoms with E-state index in [1.807, 2.05) is 12.4 Å². The summed E-state index contributed by atoms with van der Waals surface area (Å²) in [4.78, 5) is 0. The van der Waals surface area contributed by atoms with Crippen LogP contribution >= 0.6 is 0 Å². The van der Waals surface area contributed by atoms with Gasteiger partial charge in [0.15, 0.2) is 0 Å². The van der Waals surface area contributed by atoms with Gasteiger partial charge in [0.05, 0.1) is 6.17 Å². The lowest BCUT2D eigenvalue weighted by Gasteiger charge is -2.11. The molecular weight excluding hydrogens is 196 g/mol. The fourth-order valence-corrected chi connectivity index (χ4v) is 1.91. The predicted octanol–water partition coefficient (Wildman–Crippen LogP) is 3.67. The summed E-state index contributed by atoms with van der Waals surface area (Å²) in [7, 11) is 0. The van der Waals surface area contributed by atoms with E-state index in [0.717, 1.165) is 0 Å². The molecule has 92 valence electrons. The van der Waals surface area contributed by atoms with Crippen LogP contribution in [0.15, 0.2) is 24.6 Å². The summed E-state index contributed by atoms with van der Waals surface area (Å²) >= 11 is 0. The van der Waals surface area contributed by atoms with Gasteiger partial charge in [0.1, 0.15) is 0 Å². The first-order valence-electron chi connectivity index (χ1n) is 6.75. The van der Waals surface area contributed by atoms with E-state index >= 15 is 0 Å². The second-order valence-corrected chi connectivity index (χ2v) is 4.47. The quantitative estimate of drug-likeness (QED) is 0.459. The van der Waals surface area contributed by atoms with E-state index in [9.17, 15) is 0 Å². The van der Waals surface area contributed by atoms with Crippen molar-refractivity contribution in [1.82, 2.24) is 10.6 Å². The molecule has 0 bridgehead atoms. The highest BCUT2D eigenvalue weighted by Crippen LogP contribution is 2.08. The van der Waals surface area contributed by atoms with Gasteiger partial charge in [-0.1, -0.05) is 38.3 Å². The first-order chi connectivity index (χ1) is 7.93. The van der Waals surface area contributed by atoms with Crippen molar-refractivity contribution in [3.05, 3.63) is 24.6 Å². The van der Waals surface area contributed by atoms with Crippen LogP contribution in [0.5, 0.6) is 0 Å². The Balaban J connectivity index is 1.77. The lowest BCUT2D eigenvalue weighted by atomic mass is 10.1. The molecular formula is C14H26N2. The van der Waals surface area contributed by atoms with E-state index in [4.69, 9.17) is 0 Å². The highest BCUT2D eigenvalue weighted by atomic mass is 15.1. The fourth-order valence-electron chi connectivity index (χ4n) is 1.91. The van der Waals surface area contributed by atoms with Crippen LogP contribution in [0, 0.1) is 0 Å². The zero-order valence-electron chi connectivity index (χ0n) is 10.5. The Morgan fingerprint density at radius 3 is 2.38 bits per heavy atom. The molecule has 0 fully saturated rings.